The number of ether oxygens (including phenoxy) is 1. The molecule has 2 aliphatic rings. The molecular weight excluding hydrogens is 540 g/mol. The molecule has 1 spiro atoms. The Morgan fingerprint density at radius 1 is 0.614 bits per heavy atom. The molecule has 5 heteroatoms. The van der Waals surface area contributed by atoms with Crippen molar-refractivity contribution in [1.29, 1.82) is 0 Å². The van der Waals surface area contributed by atoms with Gasteiger partial charge in [0.25, 0.3) is 0 Å². The Bertz CT molecular complexity index is 1910. The Hall–Kier alpha value is -4.38. The average molecular weight is 581 g/mol. The second-order valence-electron chi connectivity index (χ2n) is 12.8. The van der Waals surface area contributed by atoms with Crippen molar-refractivity contribution in [2.45, 2.75) is 82.6 Å². The van der Waals surface area contributed by atoms with Gasteiger partial charge in [-0.15, -0.1) is 0 Å². The van der Waals surface area contributed by atoms with Crippen LogP contribution in [-0.4, -0.2) is 19.1 Å². The summed E-state index contributed by atoms with van der Waals surface area (Å²) in [5.74, 6) is 3.88. The lowest BCUT2D eigenvalue weighted by Gasteiger charge is -2.38. The summed E-state index contributed by atoms with van der Waals surface area (Å²) in [4.78, 5) is 9.83. The second-order valence-corrected chi connectivity index (χ2v) is 12.8. The van der Waals surface area contributed by atoms with Crippen LogP contribution in [0.5, 0.6) is 11.5 Å². The minimum absolute atomic E-state index is 0.240. The Labute approximate surface area is 259 Å². The number of pyridine rings is 1. The van der Waals surface area contributed by atoms with Crippen LogP contribution in [0.4, 0.5) is 0 Å². The van der Waals surface area contributed by atoms with Crippen LogP contribution in [0, 0.1) is 0 Å². The monoisotopic (exact) mass is 580 g/mol. The molecule has 44 heavy (non-hydrogen) atoms. The van der Waals surface area contributed by atoms with Crippen LogP contribution in [0.15, 0.2) is 97.3 Å². The van der Waals surface area contributed by atoms with Crippen LogP contribution in [0.3, 0.4) is 0 Å². The van der Waals surface area contributed by atoms with Crippen LogP contribution in [-0.2, 0) is 12.0 Å². The third kappa shape index (κ3) is 4.89. The van der Waals surface area contributed by atoms with Gasteiger partial charge in [-0.1, -0.05) is 81.3 Å². The van der Waals surface area contributed by atoms with E-state index in [0.717, 1.165) is 34.9 Å². The number of imidazole rings is 1. The third-order valence-corrected chi connectivity index (χ3v) is 10.1. The summed E-state index contributed by atoms with van der Waals surface area (Å²) in [7, 11) is 0. The minimum Gasteiger partial charge on any atom is -0.457 e. The zero-order valence-corrected chi connectivity index (χ0v) is 25.4. The molecule has 1 fully saturated rings. The molecule has 1 aliphatic carbocycles. The van der Waals surface area contributed by atoms with Gasteiger partial charge in [0.05, 0.1) is 22.9 Å². The van der Waals surface area contributed by atoms with Gasteiger partial charge in [0, 0.05) is 40.6 Å². The number of hydrogen-bond donors (Lipinski definition) is 0. The fraction of sp³-hybridized carbons (Fsp3) is 0.333. The zero-order chi connectivity index (χ0) is 29.3. The summed E-state index contributed by atoms with van der Waals surface area (Å²) in [5.41, 5.74) is 4.84. The first-order valence-corrected chi connectivity index (χ1v) is 16.6. The van der Waals surface area contributed by atoms with Crippen LogP contribution >= 0.6 is 0 Å². The first-order valence-electron chi connectivity index (χ1n) is 16.6. The quantitative estimate of drug-likeness (QED) is 0.208. The summed E-state index contributed by atoms with van der Waals surface area (Å²) in [6.07, 6.45) is 18.6. The van der Waals surface area contributed by atoms with Crippen molar-refractivity contribution in [3.63, 3.8) is 0 Å². The summed E-state index contributed by atoms with van der Waals surface area (Å²) in [5, 5.41) is 2.40. The highest BCUT2D eigenvalue weighted by Crippen LogP contribution is 2.45. The van der Waals surface area contributed by atoms with E-state index < -0.39 is 0 Å². The van der Waals surface area contributed by atoms with Crippen molar-refractivity contribution in [2.24, 2.45) is 0 Å². The van der Waals surface area contributed by atoms with Gasteiger partial charge in [-0.05, 0) is 68.1 Å². The molecule has 0 unspecified atom stereocenters. The van der Waals surface area contributed by atoms with Crippen LogP contribution in [0.25, 0.3) is 38.9 Å². The molecule has 6 aromatic rings. The van der Waals surface area contributed by atoms with Crippen molar-refractivity contribution in [3.8, 4) is 28.6 Å². The van der Waals surface area contributed by atoms with Gasteiger partial charge >= 0.3 is 0 Å². The lowest BCUT2D eigenvalue weighted by molar-refractivity contribution is 0.242. The Morgan fingerprint density at radius 2 is 1.36 bits per heavy atom. The molecular formula is C39H40N4O. The third-order valence-electron chi connectivity index (χ3n) is 10.1. The van der Waals surface area contributed by atoms with Gasteiger partial charge in [-0.3, -0.25) is 4.57 Å². The normalized spacial score (nSPS) is 17.1. The molecule has 0 N–H and O–H groups in total. The van der Waals surface area contributed by atoms with Gasteiger partial charge in [-0.25, -0.2) is 9.97 Å². The Kier molecular flexibility index (Phi) is 7.17. The number of benzene rings is 3. The number of para-hydroxylation sites is 1. The van der Waals surface area contributed by atoms with Crippen LogP contribution in [0.1, 0.15) is 76.5 Å². The Balaban J connectivity index is 1.13. The van der Waals surface area contributed by atoms with E-state index in [1.165, 1.54) is 98.5 Å². The molecule has 0 amide bonds. The number of nitrogens with zero attached hydrogens (tertiary/aromatic N) is 4. The first-order chi connectivity index (χ1) is 21.8. The average Bonchev–Trinajstić information content (AvgIpc) is 3.65. The van der Waals surface area contributed by atoms with Crippen LogP contribution in [0.2, 0.25) is 0 Å². The van der Waals surface area contributed by atoms with E-state index in [1.807, 2.05) is 18.3 Å². The largest absolute Gasteiger partial charge is 0.457 e. The molecule has 4 heterocycles. The number of rotatable bonds is 4. The van der Waals surface area contributed by atoms with Gasteiger partial charge in [-0.2, -0.15) is 0 Å². The maximum atomic E-state index is 6.56. The smallest absolute Gasteiger partial charge is 0.137 e. The summed E-state index contributed by atoms with van der Waals surface area (Å²) in [6.45, 7) is 1.05. The van der Waals surface area contributed by atoms with E-state index in [2.05, 4.69) is 93.1 Å². The molecule has 0 atom stereocenters. The number of aromatic nitrogens is 4. The SMILES string of the molecule is c1ccc(-n2c3ccccc3c3ccc(Oc4cccc(-c5cnc6n5CCCC65CCCCCCCCC5)c4)cc32)nc1. The maximum absolute atomic E-state index is 6.56. The molecule has 0 radical (unpaired) electrons. The zero-order valence-electron chi connectivity index (χ0n) is 25.4. The van der Waals surface area contributed by atoms with Crippen LogP contribution < -0.4 is 4.74 Å². The summed E-state index contributed by atoms with van der Waals surface area (Å²) in [6, 6.07) is 29.5. The molecule has 0 bridgehead atoms. The van der Waals surface area contributed by atoms with E-state index in [0.29, 0.717) is 0 Å². The van der Waals surface area contributed by atoms with E-state index in [9.17, 15) is 0 Å². The highest BCUT2D eigenvalue weighted by molar-refractivity contribution is 6.09. The van der Waals surface area contributed by atoms with Gasteiger partial charge in [0.2, 0.25) is 0 Å². The van der Waals surface area contributed by atoms with Crippen molar-refractivity contribution in [2.75, 3.05) is 0 Å². The first kappa shape index (κ1) is 27.2. The number of fused-ring (bicyclic) bond motifs is 5. The van der Waals surface area contributed by atoms with E-state index in [4.69, 9.17) is 9.72 Å². The molecule has 3 aromatic heterocycles. The summed E-state index contributed by atoms with van der Waals surface area (Å²) < 4.78 is 11.3. The van der Waals surface area contributed by atoms with Gasteiger partial charge in [0.15, 0.2) is 0 Å². The van der Waals surface area contributed by atoms with E-state index in [1.54, 1.807) is 0 Å². The van der Waals surface area contributed by atoms with E-state index >= 15 is 0 Å². The van der Waals surface area contributed by atoms with Crippen molar-refractivity contribution >= 4 is 21.8 Å². The molecule has 5 nitrogen and oxygen atoms in total. The molecule has 222 valence electrons. The molecule has 3 aromatic carbocycles. The highest BCUT2D eigenvalue weighted by atomic mass is 16.5. The lowest BCUT2D eigenvalue weighted by atomic mass is 9.71. The number of hydrogen-bond acceptors (Lipinski definition) is 3. The maximum Gasteiger partial charge on any atom is 0.137 e. The lowest BCUT2D eigenvalue weighted by Crippen LogP contribution is -2.35. The van der Waals surface area contributed by atoms with E-state index in [-0.39, 0.29) is 5.41 Å². The molecule has 8 rings (SSSR count). The van der Waals surface area contributed by atoms with Crippen molar-refractivity contribution in [1.82, 2.24) is 19.1 Å². The summed E-state index contributed by atoms with van der Waals surface area (Å²) >= 11 is 0. The predicted octanol–water partition coefficient (Wildman–Crippen LogP) is 10.4. The van der Waals surface area contributed by atoms with Crippen molar-refractivity contribution in [3.05, 3.63) is 103 Å². The predicted molar refractivity (Wildman–Crippen MR) is 179 cm³/mol. The fourth-order valence-corrected chi connectivity index (χ4v) is 7.95. The molecule has 1 aliphatic heterocycles. The Morgan fingerprint density at radius 3 is 2.20 bits per heavy atom. The minimum atomic E-state index is 0.240. The molecule has 1 saturated carbocycles. The highest BCUT2D eigenvalue weighted by Gasteiger charge is 2.38. The second kappa shape index (κ2) is 11.6. The molecule has 0 saturated heterocycles. The fourth-order valence-electron chi connectivity index (χ4n) is 7.95. The van der Waals surface area contributed by atoms with Crippen molar-refractivity contribution < 1.29 is 4.74 Å². The topological polar surface area (TPSA) is 44.9 Å². The standard InChI is InChI=1S/C39H40N4O/c1-2-4-9-21-39(22-10-5-3-1)23-13-25-42-36(28-41-38(39)42)29-14-12-15-30(26-29)44-31-19-20-33-32-16-6-7-17-34(32)43(35(33)27-31)37-18-8-11-24-40-37/h6-8,11-12,14-20,24,26-28H,1-5,9-10,13,21-23,25H2. The van der Waals surface area contributed by atoms with Gasteiger partial charge < -0.3 is 9.30 Å². The van der Waals surface area contributed by atoms with Gasteiger partial charge in [0.1, 0.15) is 23.1 Å².